The zero-order chi connectivity index (χ0) is 52.2. The maximum Gasteiger partial charge on any atom is 0.306 e. The number of hydrogen-bond donors (Lipinski definition) is 0. The van der Waals surface area contributed by atoms with Gasteiger partial charge in [0.15, 0.2) is 6.10 Å². The predicted molar refractivity (Wildman–Crippen MR) is 311 cm³/mol. The van der Waals surface area contributed by atoms with Gasteiger partial charge in [0.2, 0.25) is 0 Å². The quantitative estimate of drug-likeness (QED) is 0.0261. The Morgan fingerprint density at radius 3 is 0.889 bits per heavy atom. The molecule has 6 nitrogen and oxygen atoms in total. The molecule has 0 saturated carbocycles. The van der Waals surface area contributed by atoms with Crippen LogP contribution in [0.25, 0.3) is 0 Å². The van der Waals surface area contributed by atoms with E-state index in [9.17, 15) is 14.4 Å². The van der Waals surface area contributed by atoms with Crippen molar-refractivity contribution >= 4 is 17.9 Å². The molecule has 1 atom stereocenters. The lowest BCUT2D eigenvalue weighted by atomic mass is 10.1. The molecular formula is C66H114O6. The van der Waals surface area contributed by atoms with Gasteiger partial charge in [-0.1, -0.05) is 247 Å². The van der Waals surface area contributed by atoms with E-state index in [1.165, 1.54) is 154 Å². The van der Waals surface area contributed by atoms with Crippen LogP contribution < -0.4 is 0 Å². The van der Waals surface area contributed by atoms with Gasteiger partial charge in [0.25, 0.3) is 0 Å². The number of hydrogen-bond acceptors (Lipinski definition) is 6. The van der Waals surface area contributed by atoms with Crippen molar-refractivity contribution in [2.45, 2.75) is 303 Å². The highest BCUT2D eigenvalue weighted by Crippen LogP contribution is 2.15. The van der Waals surface area contributed by atoms with E-state index in [0.29, 0.717) is 19.3 Å². The van der Waals surface area contributed by atoms with Crippen LogP contribution in [0.3, 0.4) is 0 Å². The molecular weight excluding hydrogens is 889 g/mol. The second-order valence-electron chi connectivity index (χ2n) is 20.2. The van der Waals surface area contributed by atoms with Crippen LogP contribution in [0, 0.1) is 0 Å². The van der Waals surface area contributed by atoms with Gasteiger partial charge in [0, 0.05) is 19.3 Å². The summed E-state index contributed by atoms with van der Waals surface area (Å²) < 4.78 is 16.9. The highest BCUT2D eigenvalue weighted by Gasteiger charge is 2.19. The lowest BCUT2D eigenvalue weighted by Gasteiger charge is -2.18. The molecule has 0 rings (SSSR count). The van der Waals surface area contributed by atoms with Crippen molar-refractivity contribution < 1.29 is 28.6 Å². The second-order valence-corrected chi connectivity index (χ2v) is 20.2. The smallest absolute Gasteiger partial charge is 0.306 e. The molecule has 414 valence electrons. The summed E-state index contributed by atoms with van der Waals surface area (Å²) in [6, 6.07) is 0. The molecule has 0 aromatic heterocycles. The summed E-state index contributed by atoms with van der Waals surface area (Å²) in [5.41, 5.74) is 0. The van der Waals surface area contributed by atoms with E-state index in [1.54, 1.807) is 0 Å². The number of carbonyl (C=O) groups is 3. The lowest BCUT2D eigenvalue weighted by molar-refractivity contribution is -0.167. The molecule has 0 bridgehead atoms. The summed E-state index contributed by atoms with van der Waals surface area (Å²) in [5, 5.41) is 0. The van der Waals surface area contributed by atoms with Gasteiger partial charge in [-0.2, -0.15) is 0 Å². The third-order valence-electron chi connectivity index (χ3n) is 13.1. The Labute approximate surface area is 445 Å². The first-order valence-electron chi connectivity index (χ1n) is 30.6. The molecule has 0 aromatic rings. The fourth-order valence-electron chi connectivity index (χ4n) is 8.52. The maximum absolute atomic E-state index is 12.9. The fourth-order valence-corrected chi connectivity index (χ4v) is 8.52. The Kier molecular flexibility index (Phi) is 57.3. The third-order valence-corrected chi connectivity index (χ3v) is 13.1. The summed E-state index contributed by atoms with van der Waals surface area (Å²) in [7, 11) is 0. The van der Waals surface area contributed by atoms with E-state index in [2.05, 4.69) is 106 Å². The van der Waals surface area contributed by atoms with E-state index in [-0.39, 0.29) is 31.1 Å². The van der Waals surface area contributed by atoms with Gasteiger partial charge in [0.1, 0.15) is 13.2 Å². The first-order valence-corrected chi connectivity index (χ1v) is 30.6. The topological polar surface area (TPSA) is 78.9 Å². The highest BCUT2D eigenvalue weighted by atomic mass is 16.6. The van der Waals surface area contributed by atoms with Crippen molar-refractivity contribution in [1.29, 1.82) is 0 Å². The summed E-state index contributed by atoms with van der Waals surface area (Å²) >= 11 is 0. The second kappa shape index (κ2) is 60.1. The van der Waals surface area contributed by atoms with Crippen LogP contribution in [0.1, 0.15) is 297 Å². The van der Waals surface area contributed by atoms with Gasteiger partial charge < -0.3 is 14.2 Å². The summed E-state index contributed by atoms with van der Waals surface area (Å²) in [5.74, 6) is -0.895. The van der Waals surface area contributed by atoms with Crippen LogP contribution in [-0.2, 0) is 28.6 Å². The molecule has 0 saturated heterocycles. The van der Waals surface area contributed by atoms with Crippen LogP contribution in [0.15, 0.2) is 85.1 Å². The van der Waals surface area contributed by atoms with E-state index in [1.807, 2.05) is 0 Å². The zero-order valence-corrected chi connectivity index (χ0v) is 47.4. The molecule has 0 aliphatic heterocycles. The molecule has 1 unspecified atom stereocenters. The fraction of sp³-hybridized carbons (Fsp3) is 0.742. The molecule has 0 aliphatic carbocycles. The van der Waals surface area contributed by atoms with E-state index in [0.717, 1.165) is 103 Å². The Hall–Kier alpha value is -3.41. The van der Waals surface area contributed by atoms with Crippen LogP contribution in [0.4, 0.5) is 0 Å². The van der Waals surface area contributed by atoms with Gasteiger partial charge >= 0.3 is 17.9 Å². The average Bonchev–Trinajstić information content (AvgIpc) is 3.38. The number of ether oxygens (including phenoxy) is 3. The lowest BCUT2D eigenvalue weighted by Crippen LogP contribution is -2.30. The van der Waals surface area contributed by atoms with Crippen LogP contribution in [0.2, 0.25) is 0 Å². The number of unbranched alkanes of at least 4 members (excludes halogenated alkanes) is 30. The minimum Gasteiger partial charge on any atom is -0.462 e. The molecule has 0 aliphatic rings. The minimum absolute atomic E-state index is 0.0838. The summed E-state index contributed by atoms with van der Waals surface area (Å²) in [6.45, 7) is 6.50. The van der Waals surface area contributed by atoms with E-state index < -0.39 is 6.10 Å². The first kappa shape index (κ1) is 68.6. The standard InChI is InChI=1S/C66H114O6/c1-4-7-10-13-16-19-22-25-28-30-31-32-33-34-35-37-38-41-44-47-50-53-56-59-65(68)71-62-63(61-70-64(67)58-55-52-49-46-43-40-27-24-21-18-15-12-9-6-3)72-66(69)60-57-54-51-48-45-42-39-36-29-26-23-20-17-14-11-8-5-2/h7,10,16-17,19-20,24-29,31-32,63H,4-6,8-9,11-15,18,21-23,30,33-62H2,1-3H3/b10-7-,19-16-,20-17-,27-24-,28-25-,29-26-,32-31-. The normalized spacial score (nSPS) is 12.7. The molecule has 0 heterocycles. The van der Waals surface area contributed by atoms with Crippen molar-refractivity contribution in [1.82, 2.24) is 0 Å². The summed E-state index contributed by atoms with van der Waals surface area (Å²) in [6.07, 6.45) is 78.6. The van der Waals surface area contributed by atoms with E-state index in [4.69, 9.17) is 14.2 Å². The van der Waals surface area contributed by atoms with Crippen molar-refractivity contribution in [2.75, 3.05) is 13.2 Å². The molecule has 0 amide bonds. The molecule has 0 fully saturated rings. The Morgan fingerprint density at radius 1 is 0.292 bits per heavy atom. The van der Waals surface area contributed by atoms with Crippen molar-refractivity contribution in [3.05, 3.63) is 85.1 Å². The van der Waals surface area contributed by atoms with Gasteiger partial charge in [-0.05, 0) is 116 Å². The maximum atomic E-state index is 12.9. The molecule has 0 radical (unpaired) electrons. The number of esters is 3. The largest absolute Gasteiger partial charge is 0.462 e. The SMILES string of the molecule is CC/C=C\C/C=C\C/C=C\C/C=C\CCCCCCCCCCCCC(=O)OCC(COC(=O)CCCCCCC/C=C\CCCCCCC)OC(=O)CCCCCCCCC/C=C\C/C=C\CCCCC. The first-order chi connectivity index (χ1) is 35.5. The molecule has 6 heteroatoms. The monoisotopic (exact) mass is 1000 g/mol. The number of allylic oxidation sites excluding steroid dienone is 14. The van der Waals surface area contributed by atoms with Crippen molar-refractivity contribution in [3.8, 4) is 0 Å². The van der Waals surface area contributed by atoms with Gasteiger partial charge in [0.05, 0.1) is 0 Å². The molecule has 0 aromatic carbocycles. The molecule has 72 heavy (non-hydrogen) atoms. The number of rotatable bonds is 55. The average molecular weight is 1000 g/mol. The van der Waals surface area contributed by atoms with Gasteiger partial charge in [-0.15, -0.1) is 0 Å². The third kappa shape index (κ3) is 57.5. The van der Waals surface area contributed by atoms with Gasteiger partial charge in [-0.3, -0.25) is 14.4 Å². The molecule has 0 spiro atoms. The van der Waals surface area contributed by atoms with Crippen LogP contribution >= 0.6 is 0 Å². The van der Waals surface area contributed by atoms with Crippen LogP contribution in [0.5, 0.6) is 0 Å². The highest BCUT2D eigenvalue weighted by molar-refractivity contribution is 5.71. The van der Waals surface area contributed by atoms with E-state index >= 15 is 0 Å². The zero-order valence-electron chi connectivity index (χ0n) is 47.4. The van der Waals surface area contributed by atoms with Gasteiger partial charge in [-0.25, -0.2) is 0 Å². The van der Waals surface area contributed by atoms with Crippen molar-refractivity contribution in [2.24, 2.45) is 0 Å². The Balaban J connectivity index is 4.36. The van der Waals surface area contributed by atoms with Crippen molar-refractivity contribution in [3.63, 3.8) is 0 Å². The summed E-state index contributed by atoms with van der Waals surface area (Å²) in [4.78, 5) is 38.2. The predicted octanol–water partition coefficient (Wildman–Crippen LogP) is 20.7. The Bertz CT molecular complexity index is 1380. The Morgan fingerprint density at radius 2 is 0.542 bits per heavy atom. The minimum atomic E-state index is -0.787. The molecule has 0 N–H and O–H groups in total. The number of carbonyl (C=O) groups excluding carboxylic acids is 3. The van der Waals surface area contributed by atoms with Crippen LogP contribution in [-0.4, -0.2) is 37.2 Å².